The van der Waals surface area contributed by atoms with E-state index in [2.05, 4.69) is 12.1 Å². The summed E-state index contributed by atoms with van der Waals surface area (Å²) in [6.07, 6.45) is -0.597. The Morgan fingerprint density at radius 3 is 1.94 bits per heavy atom. The molecule has 0 aliphatic rings. The van der Waals surface area contributed by atoms with E-state index in [1.54, 1.807) is 6.92 Å². The van der Waals surface area contributed by atoms with Crippen molar-refractivity contribution in [2.45, 2.75) is 19.1 Å². The molecule has 2 aromatic rings. The fourth-order valence-electron chi connectivity index (χ4n) is 1.81. The molecule has 0 aliphatic heterocycles. The monoisotopic (exact) mass is 227 g/mol. The van der Waals surface area contributed by atoms with Gasteiger partial charge in [-0.2, -0.15) is 0 Å². The Morgan fingerprint density at radius 2 is 1.41 bits per heavy atom. The summed E-state index contributed by atoms with van der Waals surface area (Å²) >= 11 is 0. The van der Waals surface area contributed by atoms with Gasteiger partial charge in [-0.3, -0.25) is 0 Å². The van der Waals surface area contributed by atoms with E-state index in [-0.39, 0.29) is 6.04 Å². The van der Waals surface area contributed by atoms with Crippen LogP contribution in [0.15, 0.2) is 54.6 Å². The van der Waals surface area contributed by atoms with Gasteiger partial charge in [0.05, 0.1) is 6.10 Å². The Bertz CT molecular complexity index is 462. The lowest BCUT2D eigenvalue weighted by molar-refractivity contribution is 0.153. The minimum atomic E-state index is -0.597. The third-order valence-electron chi connectivity index (χ3n) is 2.86. The molecule has 0 fully saturated rings. The molecular weight excluding hydrogens is 210 g/mol. The normalized spacial score (nSPS) is 14.3. The van der Waals surface area contributed by atoms with E-state index in [4.69, 9.17) is 5.73 Å². The molecule has 2 nitrogen and oxygen atoms in total. The smallest absolute Gasteiger partial charge is 0.0938 e. The molecule has 2 heteroatoms. The summed E-state index contributed by atoms with van der Waals surface area (Å²) in [6.45, 7) is 1.80. The number of hydrogen-bond donors (Lipinski definition) is 2. The van der Waals surface area contributed by atoms with Crippen molar-refractivity contribution in [1.29, 1.82) is 0 Å². The first-order chi connectivity index (χ1) is 8.18. The fraction of sp³-hybridized carbons (Fsp3) is 0.200. The Kier molecular flexibility index (Phi) is 3.57. The quantitative estimate of drug-likeness (QED) is 0.847. The summed E-state index contributed by atoms with van der Waals surface area (Å²) in [5.41, 5.74) is 8.85. The highest BCUT2D eigenvalue weighted by molar-refractivity contribution is 5.63. The van der Waals surface area contributed by atoms with Gasteiger partial charge in [-0.05, 0) is 23.6 Å². The van der Waals surface area contributed by atoms with E-state index >= 15 is 0 Å². The first-order valence-corrected chi connectivity index (χ1v) is 5.77. The van der Waals surface area contributed by atoms with Crippen LogP contribution in [0.3, 0.4) is 0 Å². The van der Waals surface area contributed by atoms with Crippen LogP contribution in [0.4, 0.5) is 0 Å². The van der Waals surface area contributed by atoms with Crippen molar-refractivity contribution >= 4 is 0 Å². The first-order valence-electron chi connectivity index (χ1n) is 5.77. The van der Waals surface area contributed by atoms with Gasteiger partial charge < -0.3 is 10.8 Å². The van der Waals surface area contributed by atoms with E-state index in [1.165, 1.54) is 5.56 Å². The summed E-state index contributed by atoms with van der Waals surface area (Å²) < 4.78 is 0. The maximum Gasteiger partial charge on any atom is 0.0938 e. The van der Waals surface area contributed by atoms with Crippen LogP contribution in [0.1, 0.15) is 18.6 Å². The molecule has 2 atom stereocenters. The Labute approximate surface area is 102 Å². The lowest BCUT2D eigenvalue weighted by Crippen LogP contribution is -2.24. The van der Waals surface area contributed by atoms with E-state index in [0.717, 1.165) is 11.1 Å². The molecule has 0 bridgehead atoms. The molecule has 2 rings (SSSR count). The lowest BCUT2D eigenvalue weighted by Gasteiger charge is -2.15. The number of hydrogen-bond acceptors (Lipinski definition) is 2. The van der Waals surface area contributed by atoms with Gasteiger partial charge in [0, 0.05) is 6.04 Å². The molecule has 0 aliphatic carbocycles. The summed E-state index contributed by atoms with van der Waals surface area (Å²) in [7, 11) is 0. The number of nitrogens with two attached hydrogens (primary N) is 1. The molecule has 88 valence electrons. The van der Waals surface area contributed by atoms with Crippen LogP contribution in [0, 0.1) is 0 Å². The zero-order valence-corrected chi connectivity index (χ0v) is 9.88. The highest BCUT2D eigenvalue weighted by Gasteiger charge is 2.11. The molecule has 0 aromatic heterocycles. The standard InChI is InChI=1S/C15H17NO/c1-11(16)15(17)14-9-7-13(8-10-14)12-5-3-2-4-6-12/h2-11,15,17H,16H2,1H3. The lowest BCUT2D eigenvalue weighted by atomic mass is 9.99. The molecule has 0 heterocycles. The third-order valence-corrected chi connectivity index (χ3v) is 2.86. The molecule has 0 spiro atoms. The van der Waals surface area contributed by atoms with Crippen LogP contribution in [-0.4, -0.2) is 11.1 Å². The summed E-state index contributed by atoms with van der Waals surface area (Å²) in [5, 5.41) is 9.83. The SMILES string of the molecule is CC(N)C(O)c1ccc(-c2ccccc2)cc1. The summed E-state index contributed by atoms with van der Waals surface area (Å²) in [4.78, 5) is 0. The average molecular weight is 227 g/mol. The van der Waals surface area contributed by atoms with Crippen molar-refractivity contribution in [3.8, 4) is 11.1 Å². The highest BCUT2D eigenvalue weighted by atomic mass is 16.3. The zero-order valence-electron chi connectivity index (χ0n) is 9.88. The van der Waals surface area contributed by atoms with Crippen molar-refractivity contribution in [2.24, 2.45) is 5.73 Å². The summed E-state index contributed by atoms with van der Waals surface area (Å²) in [5.74, 6) is 0. The maximum atomic E-state index is 9.83. The van der Waals surface area contributed by atoms with Crippen molar-refractivity contribution < 1.29 is 5.11 Å². The highest BCUT2D eigenvalue weighted by Crippen LogP contribution is 2.22. The van der Waals surface area contributed by atoms with Crippen molar-refractivity contribution in [3.63, 3.8) is 0 Å². The molecule has 0 amide bonds. The zero-order chi connectivity index (χ0) is 12.3. The molecule has 0 saturated heterocycles. The molecule has 2 unspecified atom stereocenters. The predicted molar refractivity (Wildman–Crippen MR) is 70.5 cm³/mol. The van der Waals surface area contributed by atoms with E-state index in [1.807, 2.05) is 42.5 Å². The molecular formula is C15H17NO. The molecule has 0 radical (unpaired) electrons. The van der Waals surface area contributed by atoms with Crippen molar-refractivity contribution in [1.82, 2.24) is 0 Å². The van der Waals surface area contributed by atoms with Crippen LogP contribution >= 0.6 is 0 Å². The minimum Gasteiger partial charge on any atom is -0.387 e. The van der Waals surface area contributed by atoms with E-state index in [0.29, 0.717) is 0 Å². The molecule has 17 heavy (non-hydrogen) atoms. The topological polar surface area (TPSA) is 46.2 Å². The van der Waals surface area contributed by atoms with Gasteiger partial charge in [0.25, 0.3) is 0 Å². The second-order valence-corrected chi connectivity index (χ2v) is 4.29. The Morgan fingerprint density at radius 1 is 0.882 bits per heavy atom. The molecule has 3 N–H and O–H groups in total. The van der Waals surface area contributed by atoms with Gasteiger partial charge >= 0.3 is 0 Å². The number of benzene rings is 2. The number of aliphatic hydroxyl groups is 1. The van der Waals surface area contributed by atoms with Crippen LogP contribution in [0.25, 0.3) is 11.1 Å². The van der Waals surface area contributed by atoms with Crippen LogP contribution in [0.2, 0.25) is 0 Å². The second kappa shape index (κ2) is 5.13. The molecule has 2 aromatic carbocycles. The van der Waals surface area contributed by atoms with Gasteiger partial charge in [-0.25, -0.2) is 0 Å². The van der Waals surface area contributed by atoms with Gasteiger partial charge in [0.2, 0.25) is 0 Å². The predicted octanol–water partition coefficient (Wildman–Crippen LogP) is 2.73. The Balaban J connectivity index is 2.25. The van der Waals surface area contributed by atoms with Crippen LogP contribution in [0.5, 0.6) is 0 Å². The molecule has 0 saturated carbocycles. The van der Waals surface area contributed by atoms with Crippen LogP contribution < -0.4 is 5.73 Å². The van der Waals surface area contributed by atoms with Gasteiger partial charge in [0.15, 0.2) is 0 Å². The van der Waals surface area contributed by atoms with Crippen molar-refractivity contribution in [3.05, 3.63) is 60.2 Å². The van der Waals surface area contributed by atoms with Crippen LogP contribution in [-0.2, 0) is 0 Å². The first kappa shape index (κ1) is 11.8. The number of rotatable bonds is 3. The average Bonchev–Trinajstić information content (AvgIpc) is 2.39. The van der Waals surface area contributed by atoms with Gasteiger partial charge in [-0.15, -0.1) is 0 Å². The number of aliphatic hydroxyl groups excluding tert-OH is 1. The second-order valence-electron chi connectivity index (χ2n) is 4.29. The van der Waals surface area contributed by atoms with E-state index < -0.39 is 6.10 Å². The van der Waals surface area contributed by atoms with E-state index in [9.17, 15) is 5.11 Å². The third kappa shape index (κ3) is 2.73. The van der Waals surface area contributed by atoms with Crippen molar-refractivity contribution in [2.75, 3.05) is 0 Å². The maximum absolute atomic E-state index is 9.83. The van der Waals surface area contributed by atoms with Gasteiger partial charge in [0.1, 0.15) is 0 Å². The fourth-order valence-corrected chi connectivity index (χ4v) is 1.81. The minimum absolute atomic E-state index is 0.252. The summed E-state index contributed by atoms with van der Waals surface area (Å²) in [6, 6.07) is 17.8. The Hall–Kier alpha value is -1.64. The van der Waals surface area contributed by atoms with Gasteiger partial charge in [-0.1, -0.05) is 54.6 Å². The largest absolute Gasteiger partial charge is 0.387 e.